The number of nitrogens with zero attached hydrogens (tertiary/aromatic N) is 3. The van der Waals surface area contributed by atoms with Gasteiger partial charge in [-0.1, -0.05) is 6.42 Å². The molecule has 1 amide bonds. The predicted octanol–water partition coefficient (Wildman–Crippen LogP) is 2.89. The van der Waals surface area contributed by atoms with E-state index in [1.807, 2.05) is 0 Å². The molecule has 0 bridgehead atoms. The van der Waals surface area contributed by atoms with E-state index in [1.54, 1.807) is 9.80 Å². The largest absolute Gasteiger partial charge is 0.396 e. The van der Waals surface area contributed by atoms with Gasteiger partial charge in [-0.2, -0.15) is 13.2 Å². The number of rotatable bonds is 7. The number of likely N-dealkylation sites (tertiary alicyclic amines) is 2. The number of alkyl halides is 5. The van der Waals surface area contributed by atoms with Crippen molar-refractivity contribution in [3.8, 4) is 0 Å². The molecule has 2 aliphatic carbocycles. The predicted molar refractivity (Wildman–Crippen MR) is 144 cm³/mol. The molecule has 0 radical (unpaired) electrons. The van der Waals surface area contributed by atoms with Crippen molar-refractivity contribution in [2.75, 3.05) is 59.7 Å². The van der Waals surface area contributed by atoms with E-state index in [4.69, 9.17) is 4.74 Å². The van der Waals surface area contributed by atoms with Gasteiger partial charge in [0.15, 0.2) is 0 Å². The lowest BCUT2D eigenvalue weighted by atomic mass is 9.64. The highest BCUT2D eigenvalue weighted by Gasteiger charge is 2.59. The maximum atomic E-state index is 14.5. The third-order valence-electron chi connectivity index (χ3n) is 11.7. The van der Waals surface area contributed by atoms with E-state index in [0.717, 1.165) is 38.8 Å². The van der Waals surface area contributed by atoms with Crippen LogP contribution in [-0.4, -0.2) is 110 Å². The topological polar surface area (TPSA) is 80.3 Å². The molecule has 7 unspecified atom stereocenters. The number of hydrogen-bond acceptors (Lipinski definition) is 7. The number of amides is 1. The molecule has 4 heterocycles. The highest BCUT2D eigenvalue weighted by molar-refractivity contribution is 5.82. The van der Waals surface area contributed by atoms with Gasteiger partial charge in [-0.25, -0.2) is 19.6 Å². The van der Waals surface area contributed by atoms with Crippen molar-refractivity contribution in [1.29, 1.82) is 0 Å². The first-order valence-corrected chi connectivity index (χ1v) is 15.7. The van der Waals surface area contributed by atoms with Crippen molar-refractivity contribution < 1.29 is 36.6 Å². The Morgan fingerprint density at radius 2 is 1.90 bits per heavy atom. The van der Waals surface area contributed by atoms with Gasteiger partial charge in [0.2, 0.25) is 5.91 Å². The molecule has 8 nitrogen and oxygen atoms in total. The number of hydrazine groups is 1. The number of nitrogens with one attached hydrogen (secondary N) is 2. The zero-order valence-corrected chi connectivity index (χ0v) is 24.4. The van der Waals surface area contributed by atoms with Crippen molar-refractivity contribution in [2.24, 2.45) is 40.9 Å². The minimum atomic E-state index is -4.44. The van der Waals surface area contributed by atoms with E-state index in [0.29, 0.717) is 32.1 Å². The van der Waals surface area contributed by atoms with Crippen LogP contribution in [0.15, 0.2) is 0 Å². The van der Waals surface area contributed by atoms with Crippen molar-refractivity contribution in [3.63, 3.8) is 0 Å². The monoisotopic (exact) mass is 607 g/mol. The second-order valence-corrected chi connectivity index (χ2v) is 14.2. The molecule has 3 N–H and O–H groups in total. The summed E-state index contributed by atoms with van der Waals surface area (Å²) in [5.74, 6) is -7.59. The van der Waals surface area contributed by atoms with Crippen molar-refractivity contribution in [2.45, 2.75) is 75.7 Å². The Balaban J connectivity index is 1.14. The summed E-state index contributed by atoms with van der Waals surface area (Å²) in [7, 11) is 2.06. The Morgan fingerprint density at radius 1 is 1.12 bits per heavy atom. The van der Waals surface area contributed by atoms with Gasteiger partial charge in [0.25, 0.3) is 5.92 Å². The van der Waals surface area contributed by atoms with E-state index in [9.17, 15) is 31.9 Å². The third-order valence-corrected chi connectivity index (χ3v) is 11.7. The Hall–Kier alpha value is -1.12. The van der Waals surface area contributed by atoms with Crippen LogP contribution in [0, 0.1) is 40.9 Å². The fraction of sp³-hybridized carbons (Fsp3) is 0.966. The van der Waals surface area contributed by atoms with E-state index in [-0.39, 0.29) is 49.5 Å². The number of aliphatic hydroxyl groups is 1. The van der Waals surface area contributed by atoms with Crippen molar-refractivity contribution in [1.82, 2.24) is 25.6 Å². The molecule has 0 aromatic heterocycles. The SMILES string of the molecule is CN1CNNC1CC1(C2CCCC(N3CC4C(CC(CN5CC[C@@H](CO)C(F)(F)C5)CC4C(F)(F)F)C3=O)C2)COC1. The highest BCUT2D eigenvalue weighted by atomic mass is 19.4. The Bertz CT molecular complexity index is 984. The molecule has 6 aliphatic rings. The van der Waals surface area contributed by atoms with Crippen LogP contribution in [0.1, 0.15) is 51.4 Å². The average molecular weight is 608 g/mol. The zero-order valence-electron chi connectivity index (χ0n) is 24.4. The average Bonchev–Trinajstić information content (AvgIpc) is 3.47. The maximum absolute atomic E-state index is 14.5. The van der Waals surface area contributed by atoms with Crippen LogP contribution in [0.4, 0.5) is 22.0 Å². The third kappa shape index (κ3) is 5.82. The van der Waals surface area contributed by atoms with Crippen LogP contribution < -0.4 is 10.9 Å². The molecule has 4 saturated heterocycles. The molecular formula is C29H46F5N5O3. The second-order valence-electron chi connectivity index (χ2n) is 14.2. The molecule has 0 aromatic rings. The van der Waals surface area contributed by atoms with E-state index >= 15 is 0 Å². The number of fused-ring (bicyclic) bond motifs is 1. The molecule has 2 saturated carbocycles. The fourth-order valence-corrected chi connectivity index (χ4v) is 9.16. The molecule has 240 valence electrons. The molecular weight excluding hydrogens is 561 g/mol. The smallest absolute Gasteiger partial charge is 0.392 e. The normalized spacial score (nSPS) is 41.1. The van der Waals surface area contributed by atoms with Gasteiger partial charge in [-0.15, -0.1) is 0 Å². The molecule has 0 aromatic carbocycles. The first kappa shape index (κ1) is 30.9. The van der Waals surface area contributed by atoms with Crippen LogP contribution in [0.3, 0.4) is 0 Å². The number of ether oxygens (including phenoxy) is 1. The maximum Gasteiger partial charge on any atom is 0.392 e. The molecule has 4 aliphatic heterocycles. The lowest BCUT2D eigenvalue weighted by molar-refractivity contribution is -0.205. The van der Waals surface area contributed by atoms with Gasteiger partial charge in [0.1, 0.15) is 0 Å². The van der Waals surface area contributed by atoms with Crippen molar-refractivity contribution in [3.05, 3.63) is 0 Å². The first-order valence-electron chi connectivity index (χ1n) is 15.7. The van der Waals surface area contributed by atoms with Crippen LogP contribution in [0.5, 0.6) is 0 Å². The number of carbonyl (C=O) groups excluding carboxylic acids is 1. The summed E-state index contributed by atoms with van der Waals surface area (Å²) in [6.07, 6.45) is 0.516. The van der Waals surface area contributed by atoms with Crippen LogP contribution in [-0.2, 0) is 9.53 Å². The van der Waals surface area contributed by atoms with E-state index in [2.05, 4.69) is 22.8 Å². The lowest BCUT2D eigenvalue weighted by Gasteiger charge is -2.52. The van der Waals surface area contributed by atoms with Gasteiger partial charge in [0, 0.05) is 36.4 Å². The lowest BCUT2D eigenvalue weighted by Crippen LogP contribution is -2.56. The number of halogens is 5. The Kier molecular flexibility index (Phi) is 8.58. The molecule has 8 atom stereocenters. The summed E-state index contributed by atoms with van der Waals surface area (Å²) in [5.41, 5.74) is 6.51. The fourth-order valence-electron chi connectivity index (χ4n) is 9.16. The quantitative estimate of drug-likeness (QED) is 0.385. The summed E-state index contributed by atoms with van der Waals surface area (Å²) in [6.45, 7) is 1.52. The number of piperidine rings is 1. The summed E-state index contributed by atoms with van der Waals surface area (Å²) in [4.78, 5) is 19.4. The number of hydrogen-bond donors (Lipinski definition) is 3. The first-order chi connectivity index (χ1) is 19.9. The highest BCUT2D eigenvalue weighted by Crippen LogP contribution is 2.53. The van der Waals surface area contributed by atoms with Gasteiger partial charge >= 0.3 is 6.18 Å². The van der Waals surface area contributed by atoms with Crippen LogP contribution in [0.25, 0.3) is 0 Å². The number of aliphatic hydroxyl groups excluding tert-OH is 1. The second kappa shape index (κ2) is 11.7. The van der Waals surface area contributed by atoms with Gasteiger partial charge in [-0.3, -0.25) is 14.6 Å². The minimum absolute atomic E-state index is 0.00269. The van der Waals surface area contributed by atoms with E-state index in [1.165, 1.54) is 0 Å². The summed E-state index contributed by atoms with van der Waals surface area (Å²) < 4.78 is 78.0. The minimum Gasteiger partial charge on any atom is -0.396 e. The summed E-state index contributed by atoms with van der Waals surface area (Å²) >= 11 is 0. The molecule has 42 heavy (non-hydrogen) atoms. The Labute approximate surface area is 244 Å². The van der Waals surface area contributed by atoms with Gasteiger partial charge in [-0.05, 0) is 76.3 Å². The molecule has 6 fully saturated rings. The van der Waals surface area contributed by atoms with Crippen molar-refractivity contribution >= 4 is 5.91 Å². The summed E-state index contributed by atoms with van der Waals surface area (Å²) in [6, 6.07) is -0.0738. The Morgan fingerprint density at radius 3 is 2.52 bits per heavy atom. The van der Waals surface area contributed by atoms with Gasteiger partial charge in [0.05, 0.1) is 45.1 Å². The zero-order chi connectivity index (χ0) is 29.9. The molecule has 6 rings (SSSR count). The van der Waals surface area contributed by atoms with E-state index < -0.39 is 54.8 Å². The van der Waals surface area contributed by atoms with Crippen LogP contribution >= 0.6 is 0 Å². The molecule has 13 heteroatoms. The number of carbonyl (C=O) groups is 1. The summed E-state index contributed by atoms with van der Waals surface area (Å²) in [5, 5.41) is 9.30. The van der Waals surface area contributed by atoms with Gasteiger partial charge < -0.3 is 14.7 Å². The standard InChI is InChI=1S/C29H46F5N5O3/c1-37-17-35-36-25(37)10-27(15-42-16-27)19-3-2-4-21(9-19)39-12-23-22(26(39)41)7-18(8-24(23)29(32,33)34)11-38-6-5-20(13-40)28(30,31)14-38/h18-25,35-36,40H,2-17H2,1H3/t18?,19?,20-,21?,22?,23?,24?,25?/m0/s1. The van der Waals surface area contributed by atoms with Crippen LogP contribution in [0.2, 0.25) is 0 Å². The molecule has 0 spiro atoms.